The van der Waals surface area contributed by atoms with Crippen LogP contribution in [0.4, 0.5) is 0 Å². The molecular formula is C14H8Cl2N2OS2. The first kappa shape index (κ1) is 13.6. The van der Waals surface area contributed by atoms with Crippen LogP contribution in [0, 0.1) is 5.92 Å². The fourth-order valence-electron chi connectivity index (χ4n) is 2.26. The summed E-state index contributed by atoms with van der Waals surface area (Å²) in [7, 11) is 0. The number of Topliss-reactive ketones (excluding diaryl/α,β-unsaturated/α-hetero) is 1. The molecule has 0 atom stereocenters. The molecule has 0 spiro atoms. The standard InChI is InChI=1S/C14H8Cl2N2OS2/c15-7-5-8(16)12-13(18-21-17-12)11(7)9-3-4-10(20-9)14(19)6-1-2-6/h3-6H,1-2H2. The van der Waals surface area contributed by atoms with Crippen LogP contribution in [-0.2, 0) is 0 Å². The average molecular weight is 355 g/mol. The third kappa shape index (κ3) is 2.28. The number of hydrogen-bond acceptors (Lipinski definition) is 5. The zero-order valence-electron chi connectivity index (χ0n) is 10.6. The zero-order valence-corrected chi connectivity index (χ0v) is 13.7. The minimum atomic E-state index is 0.221. The molecule has 0 radical (unpaired) electrons. The number of thiophene rings is 1. The van der Waals surface area contributed by atoms with Crippen LogP contribution in [0.2, 0.25) is 10.0 Å². The second-order valence-electron chi connectivity index (χ2n) is 4.98. The van der Waals surface area contributed by atoms with E-state index in [1.54, 1.807) is 6.07 Å². The zero-order chi connectivity index (χ0) is 14.6. The highest BCUT2D eigenvalue weighted by molar-refractivity contribution is 7.17. The van der Waals surface area contributed by atoms with E-state index in [9.17, 15) is 4.79 Å². The van der Waals surface area contributed by atoms with Crippen LogP contribution in [0.15, 0.2) is 18.2 Å². The van der Waals surface area contributed by atoms with Crippen LogP contribution in [0.5, 0.6) is 0 Å². The van der Waals surface area contributed by atoms with Gasteiger partial charge in [-0.1, -0.05) is 23.2 Å². The van der Waals surface area contributed by atoms with Crippen molar-refractivity contribution in [3.63, 3.8) is 0 Å². The van der Waals surface area contributed by atoms with Crippen molar-refractivity contribution >= 4 is 63.1 Å². The summed E-state index contributed by atoms with van der Waals surface area (Å²) in [6, 6.07) is 5.48. The Labute approximate surface area is 138 Å². The molecule has 0 amide bonds. The largest absolute Gasteiger partial charge is 0.293 e. The Hall–Kier alpha value is -1.01. The van der Waals surface area contributed by atoms with Gasteiger partial charge in [-0.15, -0.1) is 11.3 Å². The molecule has 2 aromatic heterocycles. The van der Waals surface area contributed by atoms with Crippen molar-refractivity contribution in [2.24, 2.45) is 5.92 Å². The molecule has 7 heteroatoms. The van der Waals surface area contributed by atoms with Crippen LogP contribution < -0.4 is 0 Å². The van der Waals surface area contributed by atoms with E-state index in [1.807, 2.05) is 12.1 Å². The molecule has 1 aromatic carbocycles. The van der Waals surface area contributed by atoms with Gasteiger partial charge in [-0.25, -0.2) is 0 Å². The lowest BCUT2D eigenvalue weighted by Crippen LogP contribution is -1.96. The lowest BCUT2D eigenvalue weighted by atomic mass is 10.1. The number of fused-ring (bicyclic) bond motifs is 1. The van der Waals surface area contributed by atoms with Crippen molar-refractivity contribution in [1.29, 1.82) is 0 Å². The molecule has 0 saturated heterocycles. The summed E-state index contributed by atoms with van der Waals surface area (Å²) in [5.74, 6) is 0.460. The second-order valence-corrected chi connectivity index (χ2v) is 7.41. The van der Waals surface area contributed by atoms with Gasteiger partial charge in [0.2, 0.25) is 0 Å². The second kappa shape index (κ2) is 5.02. The molecular weight excluding hydrogens is 347 g/mol. The quantitative estimate of drug-likeness (QED) is 0.597. The van der Waals surface area contributed by atoms with Gasteiger partial charge in [0.15, 0.2) is 5.78 Å². The van der Waals surface area contributed by atoms with Crippen LogP contribution >= 0.6 is 46.3 Å². The molecule has 3 aromatic rings. The molecule has 4 rings (SSSR count). The van der Waals surface area contributed by atoms with Gasteiger partial charge in [0.05, 0.1) is 26.7 Å². The van der Waals surface area contributed by atoms with Gasteiger partial charge in [0, 0.05) is 16.4 Å². The highest BCUT2D eigenvalue weighted by Gasteiger charge is 2.31. The fourth-order valence-corrected chi connectivity index (χ4v) is 4.61. The van der Waals surface area contributed by atoms with E-state index in [0.717, 1.165) is 39.9 Å². The van der Waals surface area contributed by atoms with Crippen molar-refractivity contribution in [2.75, 3.05) is 0 Å². The summed E-state index contributed by atoms with van der Waals surface area (Å²) in [4.78, 5) is 13.9. The smallest absolute Gasteiger partial charge is 0.175 e. The van der Waals surface area contributed by atoms with Crippen LogP contribution in [-0.4, -0.2) is 14.5 Å². The minimum Gasteiger partial charge on any atom is -0.293 e. The number of ketones is 1. The first-order valence-electron chi connectivity index (χ1n) is 6.40. The molecule has 1 aliphatic rings. The highest BCUT2D eigenvalue weighted by Crippen LogP contribution is 2.42. The summed E-state index contributed by atoms with van der Waals surface area (Å²) in [5, 5.41) is 1.03. The summed E-state index contributed by atoms with van der Waals surface area (Å²) < 4.78 is 8.50. The Morgan fingerprint density at radius 3 is 2.67 bits per heavy atom. The first-order valence-corrected chi connectivity index (χ1v) is 8.70. The number of hydrogen-bond donors (Lipinski definition) is 0. The Bertz CT molecular complexity index is 867. The van der Waals surface area contributed by atoms with Gasteiger partial charge in [-0.05, 0) is 31.0 Å². The maximum Gasteiger partial charge on any atom is 0.175 e. The predicted octanol–water partition coefficient (Wildman–Crippen LogP) is 5.32. The van der Waals surface area contributed by atoms with Crippen LogP contribution in [0.3, 0.4) is 0 Å². The maximum absolute atomic E-state index is 12.1. The topological polar surface area (TPSA) is 42.9 Å². The Kier molecular flexibility index (Phi) is 3.26. The third-order valence-corrected chi connectivity index (χ3v) is 5.72. The van der Waals surface area contributed by atoms with Crippen LogP contribution in [0.25, 0.3) is 21.5 Å². The van der Waals surface area contributed by atoms with Crippen molar-refractivity contribution in [3.8, 4) is 10.4 Å². The molecule has 0 aliphatic heterocycles. The average Bonchev–Trinajstić information content (AvgIpc) is 2.99. The summed E-state index contributed by atoms with van der Waals surface area (Å²) in [6.45, 7) is 0. The highest BCUT2D eigenvalue weighted by atomic mass is 35.5. The van der Waals surface area contributed by atoms with E-state index >= 15 is 0 Å². The van der Waals surface area contributed by atoms with Crippen molar-refractivity contribution in [2.45, 2.75) is 12.8 Å². The van der Waals surface area contributed by atoms with E-state index in [0.29, 0.717) is 21.1 Å². The Morgan fingerprint density at radius 2 is 1.90 bits per heavy atom. The molecule has 106 valence electrons. The number of benzene rings is 1. The summed E-state index contributed by atoms with van der Waals surface area (Å²) in [5.41, 5.74) is 2.17. The third-order valence-electron chi connectivity index (χ3n) is 3.49. The van der Waals surface area contributed by atoms with Gasteiger partial charge < -0.3 is 0 Å². The monoisotopic (exact) mass is 354 g/mol. The van der Waals surface area contributed by atoms with Gasteiger partial charge in [-0.2, -0.15) is 8.75 Å². The number of halogens is 2. The lowest BCUT2D eigenvalue weighted by Gasteiger charge is -2.03. The molecule has 0 unspecified atom stereocenters. The van der Waals surface area contributed by atoms with Crippen molar-refractivity contribution < 1.29 is 4.79 Å². The van der Waals surface area contributed by atoms with Crippen molar-refractivity contribution in [1.82, 2.24) is 8.75 Å². The maximum atomic E-state index is 12.1. The molecule has 0 bridgehead atoms. The predicted molar refractivity (Wildman–Crippen MR) is 87.8 cm³/mol. The van der Waals surface area contributed by atoms with Gasteiger partial charge in [-0.3, -0.25) is 4.79 Å². The summed E-state index contributed by atoms with van der Waals surface area (Å²) in [6.07, 6.45) is 2.02. The summed E-state index contributed by atoms with van der Waals surface area (Å²) >= 11 is 15.0. The molecule has 0 N–H and O–H groups in total. The number of rotatable bonds is 3. The van der Waals surface area contributed by atoms with Crippen LogP contribution in [0.1, 0.15) is 22.5 Å². The van der Waals surface area contributed by atoms with E-state index in [2.05, 4.69) is 8.75 Å². The number of aromatic nitrogens is 2. The van der Waals surface area contributed by atoms with E-state index < -0.39 is 0 Å². The molecule has 1 fully saturated rings. The van der Waals surface area contributed by atoms with E-state index in [4.69, 9.17) is 23.2 Å². The molecule has 1 aliphatic carbocycles. The fraction of sp³-hybridized carbons (Fsp3) is 0.214. The van der Waals surface area contributed by atoms with E-state index in [1.165, 1.54) is 11.3 Å². The van der Waals surface area contributed by atoms with Gasteiger partial charge >= 0.3 is 0 Å². The molecule has 1 saturated carbocycles. The SMILES string of the molecule is O=C(c1ccc(-c2c(Cl)cc(Cl)c3nsnc23)s1)C1CC1. The van der Waals surface area contributed by atoms with Gasteiger partial charge in [0.25, 0.3) is 0 Å². The molecule has 2 heterocycles. The Morgan fingerprint density at radius 1 is 1.14 bits per heavy atom. The number of carbonyl (C=O) groups is 1. The number of nitrogens with zero attached hydrogens (tertiary/aromatic N) is 2. The lowest BCUT2D eigenvalue weighted by molar-refractivity contribution is 0.0971. The van der Waals surface area contributed by atoms with Gasteiger partial charge in [0.1, 0.15) is 11.0 Å². The minimum absolute atomic E-state index is 0.221. The normalized spacial score (nSPS) is 14.8. The first-order chi connectivity index (χ1) is 10.1. The molecule has 3 nitrogen and oxygen atoms in total. The van der Waals surface area contributed by atoms with E-state index in [-0.39, 0.29) is 11.7 Å². The Balaban J connectivity index is 1.86. The molecule has 21 heavy (non-hydrogen) atoms. The van der Waals surface area contributed by atoms with Crippen molar-refractivity contribution in [3.05, 3.63) is 33.1 Å². The number of carbonyl (C=O) groups excluding carboxylic acids is 1.